The highest BCUT2D eigenvalue weighted by molar-refractivity contribution is 5.94. The number of anilines is 1. The van der Waals surface area contributed by atoms with E-state index in [1.165, 1.54) is 30.0 Å². The summed E-state index contributed by atoms with van der Waals surface area (Å²) in [5.41, 5.74) is 1.66. The fraction of sp³-hybridized carbons (Fsp3) is 0.440. The average Bonchev–Trinajstić information content (AvgIpc) is 2.85. The Balaban J connectivity index is 1.21. The van der Waals surface area contributed by atoms with E-state index in [-0.39, 0.29) is 29.6 Å². The first kappa shape index (κ1) is 22.1. The lowest BCUT2D eigenvalue weighted by atomic mass is 9.94. The number of hydrogen-bond acceptors (Lipinski definition) is 4. The number of nitrogens with zero attached hydrogens (tertiary/aromatic N) is 2. The number of benzene rings is 2. The molecule has 0 bridgehead atoms. The lowest BCUT2D eigenvalue weighted by Gasteiger charge is -2.36. The zero-order valence-corrected chi connectivity index (χ0v) is 18.4. The molecule has 32 heavy (non-hydrogen) atoms. The Morgan fingerprint density at radius 1 is 0.906 bits per heavy atom. The van der Waals surface area contributed by atoms with Crippen molar-refractivity contribution in [3.8, 4) is 5.75 Å². The number of amides is 2. The molecular weight excluding hydrogens is 409 g/mol. The van der Waals surface area contributed by atoms with Gasteiger partial charge in [-0.05, 0) is 74.2 Å². The van der Waals surface area contributed by atoms with Crippen LogP contribution in [-0.4, -0.2) is 56.0 Å². The topological polar surface area (TPSA) is 61.9 Å². The molecule has 0 aromatic heterocycles. The van der Waals surface area contributed by atoms with Crippen LogP contribution < -0.4 is 15.0 Å². The molecule has 170 valence electrons. The van der Waals surface area contributed by atoms with Crippen LogP contribution in [0.5, 0.6) is 5.75 Å². The first-order valence-corrected chi connectivity index (χ1v) is 11.3. The van der Waals surface area contributed by atoms with E-state index >= 15 is 0 Å². The number of halogens is 1. The third kappa shape index (κ3) is 5.21. The predicted molar refractivity (Wildman–Crippen MR) is 121 cm³/mol. The second kappa shape index (κ2) is 10.0. The van der Waals surface area contributed by atoms with Gasteiger partial charge in [0.1, 0.15) is 11.6 Å². The number of carbonyl (C=O) groups excluding carboxylic acids is 2. The number of rotatable bonds is 5. The number of methoxy groups -OCH3 is 1. The number of nitrogens with one attached hydrogen (secondary N) is 1. The zero-order chi connectivity index (χ0) is 22.5. The van der Waals surface area contributed by atoms with Crippen molar-refractivity contribution in [1.82, 2.24) is 10.2 Å². The normalized spacial score (nSPS) is 17.8. The highest BCUT2D eigenvalue weighted by Gasteiger charge is 2.30. The van der Waals surface area contributed by atoms with Crippen LogP contribution in [-0.2, 0) is 4.79 Å². The van der Waals surface area contributed by atoms with E-state index in [9.17, 15) is 14.0 Å². The monoisotopic (exact) mass is 439 g/mol. The summed E-state index contributed by atoms with van der Waals surface area (Å²) in [4.78, 5) is 29.5. The van der Waals surface area contributed by atoms with E-state index in [4.69, 9.17) is 4.74 Å². The Morgan fingerprint density at radius 3 is 2.12 bits per heavy atom. The van der Waals surface area contributed by atoms with Crippen molar-refractivity contribution in [3.05, 3.63) is 59.9 Å². The van der Waals surface area contributed by atoms with Crippen molar-refractivity contribution >= 4 is 17.5 Å². The summed E-state index contributed by atoms with van der Waals surface area (Å²) >= 11 is 0. The Morgan fingerprint density at radius 2 is 1.53 bits per heavy atom. The minimum atomic E-state index is -0.355. The molecule has 0 saturated carbocycles. The molecule has 2 aliphatic heterocycles. The third-order valence-electron chi connectivity index (χ3n) is 6.52. The molecule has 2 aromatic rings. The lowest BCUT2D eigenvalue weighted by Crippen LogP contribution is -2.48. The second-order valence-electron chi connectivity index (χ2n) is 8.54. The summed E-state index contributed by atoms with van der Waals surface area (Å²) < 4.78 is 18.3. The molecule has 0 unspecified atom stereocenters. The Labute approximate surface area is 188 Å². The van der Waals surface area contributed by atoms with E-state index in [1.54, 1.807) is 12.0 Å². The summed E-state index contributed by atoms with van der Waals surface area (Å²) in [6.07, 6.45) is 3.15. The number of ether oxygens (including phenoxy) is 1. The van der Waals surface area contributed by atoms with Gasteiger partial charge in [-0.1, -0.05) is 0 Å². The van der Waals surface area contributed by atoms with E-state index < -0.39 is 0 Å². The molecule has 2 heterocycles. The van der Waals surface area contributed by atoms with E-state index in [1.807, 2.05) is 12.1 Å². The van der Waals surface area contributed by atoms with Gasteiger partial charge in [0.2, 0.25) is 5.91 Å². The van der Waals surface area contributed by atoms with Crippen LogP contribution in [0.15, 0.2) is 48.5 Å². The molecule has 7 heteroatoms. The van der Waals surface area contributed by atoms with Crippen molar-refractivity contribution in [2.45, 2.75) is 31.7 Å². The van der Waals surface area contributed by atoms with Gasteiger partial charge in [0.25, 0.3) is 5.91 Å². The van der Waals surface area contributed by atoms with Crippen molar-refractivity contribution in [2.24, 2.45) is 5.92 Å². The molecule has 0 atom stereocenters. The SMILES string of the molecule is COc1ccc(N2CCC(NC(=O)C3CCN(C(=O)c4ccc(F)cc4)CC3)CC2)cc1. The third-order valence-corrected chi connectivity index (χ3v) is 6.52. The predicted octanol–water partition coefficient (Wildman–Crippen LogP) is 3.47. The minimum Gasteiger partial charge on any atom is -0.497 e. The molecular formula is C25H30FN3O3. The highest BCUT2D eigenvalue weighted by Crippen LogP contribution is 2.24. The quantitative estimate of drug-likeness (QED) is 0.775. The van der Waals surface area contributed by atoms with Gasteiger partial charge in [-0.15, -0.1) is 0 Å². The van der Waals surface area contributed by atoms with Crippen LogP contribution in [0.4, 0.5) is 10.1 Å². The van der Waals surface area contributed by atoms with Gasteiger partial charge >= 0.3 is 0 Å². The van der Waals surface area contributed by atoms with E-state index in [2.05, 4.69) is 22.3 Å². The van der Waals surface area contributed by atoms with Gasteiger partial charge < -0.3 is 19.9 Å². The molecule has 2 aromatic carbocycles. The van der Waals surface area contributed by atoms with Gasteiger partial charge in [-0.3, -0.25) is 9.59 Å². The maximum Gasteiger partial charge on any atom is 0.253 e. The van der Waals surface area contributed by atoms with Gasteiger partial charge in [-0.25, -0.2) is 4.39 Å². The molecule has 4 rings (SSSR count). The first-order chi connectivity index (χ1) is 15.5. The number of piperidine rings is 2. The zero-order valence-electron chi connectivity index (χ0n) is 18.4. The maximum atomic E-state index is 13.1. The molecule has 2 saturated heterocycles. The van der Waals surface area contributed by atoms with E-state index in [0.717, 1.165) is 31.7 Å². The van der Waals surface area contributed by atoms with Crippen LogP contribution >= 0.6 is 0 Å². The van der Waals surface area contributed by atoms with Crippen LogP contribution in [0.2, 0.25) is 0 Å². The molecule has 0 spiro atoms. The van der Waals surface area contributed by atoms with Crippen LogP contribution in [0, 0.1) is 11.7 Å². The van der Waals surface area contributed by atoms with Gasteiger partial charge in [-0.2, -0.15) is 0 Å². The summed E-state index contributed by atoms with van der Waals surface area (Å²) in [7, 11) is 1.66. The molecule has 0 radical (unpaired) electrons. The molecule has 2 amide bonds. The first-order valence-electron chi connectivity index (χ1n) is 11.3. The van der Waals surface area contributed by atoms with Crippen LogP contribution in [0.25, 0.3) is 0 Å². The molecule has 2 aliphatic rings. The Kier molecular flexibility index (Phi) is 6.93. The molecule has 0 aliphatic carbocycles. The average molecular weight is 440 g/mol. The summed E-state index contributed by atoms with van der Waals surface area (Å²) in [6.45, 7) is 2.90. The van der Waals surface area contributed by atoms with Gasteiger partial charge in [0, 0.05) is 49.4 Å². The van der Waals surface area contributed by atoms with Crippen LogP contribution in [0.3, 0.4) is 0 Å². The van der Waals surface area contributed by atoms with Crippen molar-refractivity contribution in [3.63, 3.8) is 0 Å². The Hall–Kier alpha value is -3.09. The van der Waals surface area contributed by atoms with Gasteiger partial charge in [0.15, 0.2) is 0 Å². The number of carbonyl (C=O) groups is 2. The Bertz CT molecular complexity index is 916. The number of likely N-dealkylation sites (tertiary alicyclic amines) is 1. The van der Waals surface area contributed by atoms with Gasteiger partial charge in [0.05, 0.1) is 7.11 Å². The van der Waals surface area contributed by atoms with Crippen molar-refractivity contribution in [2.75, 3.05) is 38.2 Å². The van der Waals surface area contributed by atoms with Crippen molar-refractivity contribution in [1.29, 1.82) is 0 Å². The summed E-state index contributed by atoms with van der Waals surface area (Å²) in [6, 6.07) is 13.9. The fourth-order valence-electron chi connectivity index (χ4n) is 4.51. The number of hydrogen-bond donors (Lipinski definition) is 1. The standard InChI is InChI=1S/C25H30FN3O3/c1-32-23-8-6-22(7-9-23)28-16-12-21(13-17-28)27-24(30)18-10-14-29(15-11-18)25(31)19-2-4-20(26)5-3-19/h2-9,18,21H,10-17H2,1H3,(H,27,30). The second-order valence-corrected chi connectivity index (χ2v) is 8.54. The highest BCUT2D eigenvalue weighted by atomic mass is 19.1. The van der Waals surface area contributed by atoms with E-state index in [0.29, 0.717) is 31.5 Å². The minimum absolute atomic E-state index is 0.0631. The fourth-order valence-corrected chi connectivity index (χ4v) is 4.51. The molecule has 2 fully saturated rings. The van der Waals surface area contributed by atoms with Crippen LogP contribution in [0.1, 0.15) is 36.0 Å². The molecule has 6 nitrogen and oxygen atoms in total. The largest absolute Gasteiger partial charge is 0.497 e. The summed E-state index contributed by atoms with van der Waals surface area (Å²) in [5, 5.41) is 3.23. The lowest BCUT2D eigenvalue weighted by molar-refractivity contribution is -0.127. The summed E-state index contributed by atoms with van der Waals surface area (Å²) in [5.74, 6) is 0.427. The maximum absolute atomic E-state index is 13.1. The smallest absolute Gasteiger partial charge is 0.253 e. The van der Waals surface area contributed by atoms with Crippen molar-refractivity contribution < 1.29 is 18.7 Å². The molecule has 1 N–H and O–H groups in total.